The van der Waals surface area contributed by atoms with E-state index in [4.69, 9.17) is 17.3 Å². The highest BCUT2D eigenvalue weighted by molar-refractivity contribution is 5.68. The van der Waals surface area contributed by atoms with Crippen LogP contribution in [0.3, 0.4) is 0 Å². The van der Waals surface area contributed by atoms with Crippen LogP contribution in [0.2, 0.25) is 0 Å². The quantitative estimate of drug-likeness (QED) is 0.407. The Kier molecular flexibility index (Phi) is 4.68. The van der Waals surface area contributed by atoms with E-state index in [9.17, 15) is 0 Å². The van der Waals surface area contributed by atoms with Gasteiger partial charge in [0.2, 0.25) is 0 Å². The lowest BCUT2D eigenvalue weighted by molar-refractivity contribution is 0.376. The van der Waals surface area contributed by atoms with Gasteiger partial charge in [0.25, 0.3) is 0 Å². The minimum atomic E-state index is 0.389. The Labute approximate surface area is 158 Å². The molecule has 4 rings (SSSR count). The van der Waals surface area contributed by atoms with Crippen LogP contribution < -0.4 is 22.7 Å². The number of hydrogen-bond acceptors (Lipinski definition) is 6. The van der Waals surface area contributed by atoms with E-state index < -0.39 is 0 Å². The molecule has 0 spiro atoms. The van der Waals surface area contributed by atoms with Crippen molar-refractivity contribution in [3.8, 4) is 0 Å². The normalized spacial score (nSPS) is 16.1. The van der Waals surface area contributed by atoms with Crippen molar-refractivity contribution in [3.05, 3.63) is 65.0 Å². The molecule has 2 heterocycles. The zero-order chi connectivity index (χ0) is 18.8. The molecule has 27 heavy (non-hydrogen) atoms. The summed E-state index contributed by atoms with van der Waals surface area (Å²) in [5.74, 6) is 6.86. The number of nitrogen functional groups attached to an aromatic ring is 3. The second-order valence-corrected chi connectivity index (χ2v) is 7.24. The lowest BCUT2D eigenvalue weighted by Crippen LogP contribution is -2.19. The zero-order valence-corrected chi connectivity index (χ0v) is 15.2. The number of aryl methyl sites for hydroxylation is 1. The van der Waals surface area contributed by atoms with E-state index in [1.54, 1.807) is 6.07 Å². The molecule has 2 aromatic heterocycles. The molecule has 1 aromatic carbocycles. The predicted molar refractivity (Wildman–Crippen MR) is 108 cm³/mol. The third-order valence-corrected chi connectivity index (χ3v) is 5.28. The second-order valence-electron chi connectivity index (χ2n) is 7.24. The van der Waals surface area contributed by atoms with Crippen molar-refractivity contribution in [2.24, 2.45) is 11.8 Å². The molecule has 1 unspecified atom stereocenters. The number of hydrogen-bond donors (Lipinski definition) is 4. The summed E-state index contributed by atoms with van der Waals surface area (Å²) in [6.45, 7) is 0.928. The number of benzene rings is 1. The first-order valence-corrected chi connectivity index (χ1v) is 9.22. The molecule has 1 aliphatic carbocycles. The van der Waals surface area contributed by atoms with Crippen LogP contribution in [0.15, 0.2) is 42.7 Å². The molecule has 1 aliphatic rings. The van der Waals surface area contributed by atoms with Crippen molar-refractivity contribution in [1.82, 2.24) is 14.8 Å². The highest BCUT2D eigenvalue weighted by Crippen LogP contribution is 2.27. The number of rotatable bonds is 5. The second kappa shape index (κ2) is 7.28. The summed E-state index contributed by atoms with van der Waals surface area (Å²) in [6, 6.07) is 10.5. The van der Waals surface area contributed by atoms with Crippen molar-refractivity contribution < 1.29 is 0 Å². The van der Waals surface area contributed by atoms with Crippen molar-refractivity contribution in [3.63, 3.8) is 0 Å². The van der Waals surface area contributed by atoms with Gasteiger partial charge in [0, 0.05) is 19.2 Å². The molecular formula is C20H25N7. The van der Waals surface area contributed by atoms with Crippen LogP contribution in [-0.2, 0) is 25.8 Å². The van der Waals surface area contributed by atoms with Gasteiger partial charge in [-0.05, 0) is 53.5 Å². The van der Waals surface area contributed by atoms with Gasteiger partial charge in [0.05, 0.1) is 11.9 Å². The lowest BCUT2D eigenvalue weighted by atomic mass is 9.84. The number of fused-ring (bicyclic) bond motifs is 1. The van der Waals surface area contributed by atoms with E-state index in [1.807, 2.05) is 10.9 Å². The maximum absolute atomic E-state index is 6.12. The predicted octanol–water partition coefficient (Wildman–Crippen LogP) is 2.12. The summed E-state index contributed by atoms with van der Waals surface area (Å²) >= 11 is 0. The number of hydrazine groups is 1. The number of aromatic nitrogens is 3. The van der Waals surface area contributed by atoms with Crippen molar-refractivity contribution in [2.45, 2.75) is 32.2 Å². The van der Waals surface area contributed by atoms with Gasteiger partial charge in [-0.1, -0.05) is 24.3 Å². The van der Waals surface area contributed by atoms with E-state index in [0.717, 1.165) is 30.5 Å². The minimum Gasteiger partial charge on any atom is -0.395 e. The van der Waals surface area contributed by atoms with Crippen LogP contribution >= 0.6 is 0 Å². The Morgan fingerprint density at radius 2 is 2.00 bits per heavy atom. The molecule has 7 N–H and O–H groups in total. The van der Waals surface area contributed by atoms with Crippen LogP contribution in [-0.4, -0.2) is 14.8 Å². The molecule has 7 heteroatoms. The molecule has 140 valence electrons. The fraction of sp³-hybridized carbons (Fsp3) is 0.300. The summed E-state index contributed by atoms with van der Waals surface area (Å²) in [5, 5.41) is 4.55. The topological polar surface area (TPSA) is 121 Å². The minimum absolute atomic E-state index is 0.389. The summed E-state index contributed by atoms with van der Waals surface area (Å²) < 4.78 is 2.04. The van der Waals surface area contributed by atoms with E-state index in [0.29, 0.717) is 29.7 Å². The highest BCUT2D eigenvalue weighted by atomic mass is 15.3. The van der Waals surface area contributed by atoms with Crippen molar-refractivity contribution in [1.29, 1.82) is 0 Å². The number of nitrogens with one attached hydrogen (secondary N) is 1. The first kappa shape index (κ1) is 17.4. The maximum atomic E-state index is 6.12. The standard InChI is InChI=1S/C20H25N7/c21-18-9-17(19(22)20(25-18)26-23)8-14-10-24-27(12-14)11-13-5-6-15-3-1-2-4-16(15)7-13/h1-4,9-10,12-13H,5-8,11,22-23H2,(H3,21,25,26). The Bertz CT molecular complexity index is 947. The van der Waals surface area contributed by atoms with Gasteiger partial charge < -0.3 is 16.9 Å². The van der Waals surface area contributed by atoms with Gasteiger partial charge in [-0.15, -0.1) is 0 Å². The third kappa shape index (κ3) is 3.73. The zero-order valence-electron chi connectivity index (χ0n) is 15.2. The van der Waals surface area contributed by atoms with Crippen molar-refractivity contribution in [2.75, 3.05) is 16.9 Å². The molecule has 3 aromatic rings. The molecular weight excluding hydrogens is 338 g/mol. The Hall–Kier alpha value is -3.06. The summed E-state index contributed by atoms with van der Waals surface area (Å²) in [6.07, 6.45) is 8.09. The molecule has 0 amide bonds. The van der Waals surface area contributed by atoms with Crippen molar-refractivity contribution >= 4 is 17.3 Å². The smallest absolute Gasteiger partial charge is 0.165 e. The average molecular weight is 363 g/mol. The average Bonchev–Trinajstić information content (AvgIpc) is 3.11. The molecule has 0 radical (unpaired) electrons. The van der Waals surface area contributed by atoms with Crippen LogP contribution in [0.4, 0.5) is 17.3 Å². The fourth-order valence-corrected chi connectivity index (χ4v) is 3.90. The van der Waals surface area contributed by atoms with Gasteiger partial charge in [-0.3, -0.25) is 4.68 Å². The van der Waals surface area contributed by atoms with Crippen LogP contribution in [0.5, 0.6) is 0 Å². The first-order valence-electron chi connectivity index (χ1n) is 9.22. The van der Waals surface area contributed by atoms with Crippen LogP contribution in [0, 0.1) is 5.92 Å². The molecule has 0 aliphatic heterocycles. The van der Waals surface area contributed by atoms with Gasteiger partial charge in [0.15, 0.2) is 5.82 Å². The molecule has 0 saturated carbocycles. The fourth-order valence-electron chi connectivity index (χ4n) is 3.90. The number of pyridine rings is 1. The van der Waals surface area contributed by atoms with E-state index >= 15 is 0 Å². The number of anilines is 3. The van der Waals surface area contributed by atoms with Gasteiger partial charge >= 0.3 is 0 Å². The summed E-state index contributed by atoms with van der Waals surface area (Å²) in [7, 11) is 0. The third-order valence-electron chi connectivity index (χ3n) is 5.28. The summed E-state index contributed by atoms with van der Waals surface area (Å²) in [5.41, 5.74) is 19.9. The Balaban J connectivity index is 1.45. The molecule has 1 atom stereocenters. The molecule has 0 saturated heterocycles. The maximum Gasteiger partial charge on any atom is 0.165 e. The number of nitrogens with zero attached hydrogens (tertiary/aromatic N) is 3. The van der Waals surface area contributed by atoms with Gasteiger partial charge in [-0.25, -0.2) is 10.8 Å². The van der Waals surface area contributed by atoms with E-state index in [1.165, 1.54) is 17.5 Å². The van der Waals surface area contributed by atoms with Gasteiger partial charge in [0.1, 0.15) is 5.82 Å². The Morgan fingerprint density at radius 1 is 1.19 bits per heavy atom. The first-order chi connectivity index (χ1) is 13.1. The largest absolute Gasteiger partial charge is 0.395 e. The number of nitrogens with two attached hydrogens (primary N) is 3. The summed E-state index contributed by atoms with van der Waals surface area (Å²) in [4.78, 5) is 4.09. The monoisotopic (exact) mass is 363 g/mol. The van der Waals surface area contributed by atoms with E-state index in [-0.39, 0.29) is 0 Å². The molecule has 0 fully saturated rings. The SMILES string of the molecule is NNc1nc(N)cc(Cc2cnn(CC3CCc4ccccc4C3)c2)c1N. The highest BCUT2D eigenvalue weighted by Gasteiger charge is 2.19. The lowest BCUT2D eigenvalue weighted by Gasteiger charge is -2.24. The Morgan fingerprint density at radius 3 is 2.81 bits per heavy atom. The van der Waals surface area contributed by atoms with Crippen LogP contribution in [0.1, 0.15) is 28.7 Å². The van der Waals surface area contributed by atoms with E-state index in [2.05, 4.69) is 46.0 Å². The molecule has 7 nitrogen and oxygen atoms in total. The van der Waals surface area contributed by atoms with Gasteiger partial charge in [-0.2, -0.15) is 5.10 Å². The van der Waals surface area contributed by atoms with Crippen LogP contribution in [0.25, 0.3) is 0 Å². The molecule has 0 bridgehead atoms.